The molecule has 4 rings (SSSR count). The highest BCUT2D eigenvalue weighted by molar-refractivity contribution is 14.1. The Bertz CT molecular complexity index is 1110. The number of benzene rings is 1. The number of anilines is 2. The summed E-state index contributed by atoms with van der Waals surface area (Å²) >= 11 is 3.23. The molecule has 6 nitrogen and oxygen atoms in total. The first-order chi connectivity index (χ1) is 11.6. The maximum absolute atomic E-state index is 14.2. The van der Waals surface area contributed by atoms with Gasteiger partial charge in [0.1, 0.15) is 29.0 Å². The first-order valence-electron chi connectivity index (χ1n) is 6.73. The van der Waals surface area contributed by atoms with E-state index in [1.807, 2.05) is 22.6 Å². The zero-order chi connectivity index (χ0) is 16.8. The van der Waals surface area contributed by atoms with E-state index < -0.39 is 11.8 Å². The number of carboxylic acid groups (broad SMARTS) is 1. The Kier molecular flexibility index (Phi) is 3.61. The summed E-state index contributed by atoms with van der Waals surface area (Å²) in [5.74, 6) is -1.34. The van der Waals surface area contributed by atoms with Crippen molar-refractivity contribution in [3.05, 3.63) is 51.2 Å². The number of rotatable bonds is 3. The molecule has 0 aliphatic rings. The molecule has 9 heteroatoms. The first-order valence-corrected chi connectivity index (χ1v) is 8.68. The number of nitrogens with one attached hydrogen (secondary N) is 1. The lowest BCUT2D eigenvalue weighted by Gasteiger charge is -2.14. The van der Waals surface area contributed by atoms with Crippen molar-refractivity contribution in [2.45, 2.75) is 0 Å². The van der Waals surface area contributed by atoms with Crippen LogP contribution in [-0.2, 0) is 0 Å². The predicted octanol–water partition coefficient (Wildman–Crippen LogP) is 4.13. The highest BCUT2D eigenvalue weighted by atomic mass is 127. The first kappa shape index (κ1) is 15.3. The van der Waals surface area contributed by atoms with Crippen LogP contribution in [0.1, 0.15) is 10.4 Å². The summed E-state index contributed by atoms with van der Waals surface area (Å²) in [7, 11) is 0. The number of thiazole rings is 1. The second-order valence-corrected chi connectivity index (χ2v) is 7.06. The van der Waals surface area contributed by atoms with Crippen LogP contribution < -0.4 is 5.32 Å². The number of carbonyl (C=O) groups is 1. The van der Waals surface area contributed by atoms with Crippen molar-refractivity contribution < 1.29 is 14.3 Å². The highest BCUT2D eigenvalue weighted by Crippen LogP contribution is 2.34. The van der Waals surface area contributed by atoms with E-state index in [0.29, 0.717) is 15.7 Å². The molecular formula is C15H8FIN4O2S. The van der Waals surface area contributed by atoms with Crippen LogP contribution in [0, 0.1) is 9.39 Å². The molecule has 0 fully saturated rings. The van der Waals surface area contributed by atoms with E-state index in [1.54, 1.807) is 28.2 Å². The van der Waals surface area contributed by atoms with Crippen molar-refractivity contribution in [1.29, 1.82) is 0 Å². The minimum Gasteiger partial charge on any atom is -0.478 e. The number of halogens is 2. The van der Waals surface area contributed by atoms with Crippen molar-refractivity contribution in [1.82, 2.24) is 14.4 Å². The summed E-state index contributed by atoms with van der Waals surface area (Å²) in [6.07, 6.45) is 3.08. The maximum atomic E-state index is 14.2. The monoisotopic (exact) mass is 454 g/mol. The van der Waals surface area contributed by atoms with Gasteiger partial charge in [0, 0.05) is 3.57 Å². The SMILES string of the molecule is O=C(O)c1c(Nc2ccc(I)cc2F)n2cncc2c2ncsc12. The molecule has 4 aromatic rings. The topological polar surface area (TPSA) is 79.5 Å². The van der Waals surface area contributed by atoms with Crippen LogP contribution in [0.15, 0.2) is 36.2 Å². The fourth-order valence-corrected chi connectivity index (χ4v) is 3.81. The van der Waals surface area contributed by atoms with Crippen molar-refractivity contribution in [2.24, 2.45) is 0 Å². The van der Waals surface area contributed by atoms with Crippen molar-refractivity contribution in [3.8, 4) is 0 Å². The van der Waals surface area contributed by atoms with Gasteiger partial charge in [0.2, 0.25) is 0 Å². The molecule has 0 aliphatic carbocycles. The predicted molar refractivity (Wildman–Crippen MR) is 97.7 cm³/mol. The molecule has 3 heterocycles. The Morgan fingerprint density at radius 2 is 2.25 bits per heavy atom. The number of imidazole rings is 1. The number of fused-ring (bicyclic) bond motifs is 3. The molecule has 0 saturated heterocycles. The average Bonchev–Trinajstić information content (AvgIpc) is 3.17. The van der Waals surface area contributed by atoms with E-state index in [-0.39, 0.29) is 17.1 Å². The fraction of sp³-hybridized carbons (Fsp3) is 0. The second kappa shape index (κ2) is 5.67. The Morgan fingerprint density at radius 3 is 3.00 bits per heavy atom. The van der Waals surface area contributed by atoms with Gasteiger partial charge in [0.15, 0.2) is 0 Å². The Labute approximate surface area is 152 Å². The minimum atomic E-state index is -1.12. The number of aromatic carboxylic acids is 1. The molecule has 120 valence electrons. The summed E-state index contributed by atoms with van der Waals surface area (Å²) in [6, 6.07) is 4.69. The van der Waals surface area contributed by atoms with Gasteiger partial charge >= 0.3 is 5.97 Å². The molecule has 3 aromatic heterocycles. The van der Waals surface area contributed by atoms with Crippen LogP contribution in [0.2, 0.25) is 0 Å². The second-order valence-electron chi connectivity index (χ2n) is 4.96. The van der Waals surface area contributed by atoms with E-state index in [4.69, 9.17) is 0 Å². The van der Waals surface area contributed by atoms with Crippen LogP contribution in [-0.4, -0.2) is 25.4 Å². The number of hydrogen-bond donors (Lipinski definition) is 2. The zero-order valence-corrected chi connectivity index (χ0v) is 14.8. The third-order valence-corrected chi connectivity index (χ3v) is 5.07. The van der Waals surface area contributed by atoms with E-state index in [1.165, 1.54) is 23.7 Å². The molecule has 0 amide bonds. The lowest BCUT2D eigenvalue weighted by Crippen LogP contribution is -2.09. The molecule has 0 aliphatic heterocycles. The number of pyridine rings is 1. The molecular weight excluding hydrogens is 446 g/mol. The number of hydrogen-bond acceptors (Lipinski definition) is 5. The van der Waals surface area contributed by atoms with Gasteiger partial charge in [0.05, 0.1) is 27.6 Å². The van der Waals surface area contributed by atoms with Gasteiger partial charge in [-0.25, -0.2) is 19.2 Å². The van der Waals surface area contributed by atoms with Crippen molar-refractivity contribution >= 4 is 67.1 Å². The quantitative estimate of drug-likeness (QED) is 0.456. The minimum absolute atomic E-state index is 0.0379. The summed E-state index contributed by atoms with van der Waals surface area (Å²) in [5.41, 5.74) is 3.03. The number of aromatic nitrogens is 3. The summed E-state index contributed by atoms with van der Waals surface area (Å²) in [5, 5.41) is 12.6. The Morgan fingerprint density at radius 1 is 1.42 bits per heavy atom. The van der Waals surface area contributed by atoms with Gasteiger partial charge in [-0.2, -0.15) is 0 Å². The fourth-order valence-electron chi connectivity index (χ4n) is 2.52. The lowest BCUT2D eigenvalue weighted by atomic mass is 10.2. The highest BCUT2D eigenvalue weighted by Gasteiger charge is 2.22. The molecule has 24 heavy (non-hydrogen) atoms. The molecule has 0 saturated carbocycles. The standard InChI is InChI=1S/C15H8FIN4O2S/c16-8-3-7(17)1-2-9(8)20-14-11(15(22)23)13-12(19-6-24-13)10-4-18-5-21(10)14/h1-6,20H,(H,22,23). The molecule has 1 aromatic carbocycles. The van der Waals surface area contributed by atoms with Gasteiger partial charge < -0.3 is 10.4 Å². The normalized spacial score (nSPS) is 11.2. The Hall–Kier alpha value is -2.27. The summed E-state index contributed by atoms with van der Waals surface area (Å²) < 4.78 is 17.0. The van der Waals surface area contributed by atoms with E-state index in [0.717, 1.165) is 3.57 Å². The third kappa shape index (κ3) is 2.31. The molecule has 0 spiro atoms. The smallest absolute Gasteiger partial charge is 0.340 e. The third-order valence-electron chi connectivity index (χ3n) is 3.55. The van der Waals surface area contributed by atoms with Crippen LogP contribution >= 0.6 is 33.9 Å². The number of carboxylic acids is 1. The number of nitrogens with zero attached hydrogens (tertiary/aromatic N) is 3. The molecule has 2 N–H and O–H groups in total. The zero-order valence-electron chi connectivity index (χ0n) is 11.8. The van der Waals surface area contributed by atoms with Crippen LogP contribution in [0.3, 0.4) is 0 Å². The molecule has 0 bridgehead atoms. The lowest BCUT2D eigenvalue weighted by molar-refractivity contribution is 0.0700. The van der Waals surface area contributed by atoms with Crippen molar-refractivity contribution in [3.63, 3.8) is 0 Å². The Balaban J connectivity index is 2.03. The van der Waals surface area contributed by atoms with E-state index in [9.17, 15) is 14.3 Å². The van der Waals surface area contributed by atoms with E-state index >= 15 is 0 Å². The molecule has 0 radical (unpaired) electrons. The van der Waals surface area contributed by atoms with Gasteiger partial charge in [-0.15, -0.1) is 11.3 Å². The average molecular weight is 454 g/mol. The van der Waals surface area contributed by atoms with Crippen molar-refractivity contribution in [2.75, 3.05) is 5.32 Å². The van der Waals surface area contributed by atoms with Gasteiger partial charge in [-0.3, -0.25) is 4.40 Å². The van der Waals surface area contributed by atoms with Crippen LogP contribution in [0.4, 0.5) is 15.9 Å². The van der Waals surface area contributed by atoms with Crippen LogP contribution in [0.25, 0.3) is 15.7 Å². The van der Waals surface area contributed by atoms with Crippen LogP contribution in [0.5, 0.6) is 0 Å². The van der Waals surface area contributed by atoms with Gasteiger partial charge in [0.25, 0.3) is 0 Å². The summed E-state index contributed by atoms with van der Waals surface area (Å²) in [6.45, 7) is 0. The largest absolute Gasteiger partial charge is 0.478 e. The van der Waals surface area contributed by atoms with E-state index in [2.05, 4.69) is 15.3 Å². The van der Waals surface area contributed by atoms with Gasteiger partial charge in [-0.1, -0.05) is 0 Å². The summed E-state index contributed by atoms with van der Waals surface area (Å²) in [4.78, 5) is 20.1. The molecule has 0 atom stereocenters. The van der Waals surface area contributed by atoms with Gasteiger partial charge in [-0.05, 0) is 40.8 Å². The maximum Gasteiger partial charge on any atom is 0.340 e. The molecule has 0 unspecified atom stereocenters.